The summed E-state index contributed by atoms with van der Waals surface area (Å²) in [6.45, 7) is 2.94. The summed E-state index contributed by atoms with van der Waals surface area (Å²) in [4.78, 5) is 17.2. The van der Waals surface area contributed by atoms with Crippen LogP contribution < -0.4 is 16.0 Å². The summed E-state index contributed by atoms with van der Waals surface area (Å²) in [5.41, 5.74) is 9.63. The molecule has 1 aromatic heterocycles. The van der Waals surface area contributed by atoms with Gasteiger partial charge in [0.25, 0.3) is 5.56 Å². The normalized spacial score (nSPS) is 11.0. The maximum absolute atomic E-state index is 12.8. The maximum Gasteiger partial charge on any atom is 0.261 e. The number of hydrogen-bond acceptors (Lipinski definition) is 3. The van der Waals surface area contributed by atoms with Crippen molar-refractivity contribution >= 4 is 18.2 Å². The van der Waals surface area contributed by atoms with E-state index in [9.17, 15) is 4.79 Å². The molecular weight excluding hydrogens is 374 g/mol. The molecule has 3 aromatic rings. The first-order chi connectivity index (χ1) is 13.1. The molecule has 146 valence electrons. The predicted molar refractivity (Wildman–Crippen MR) is 116 cm³/mol. The number of aryl methyl sites for hydroxylation is 1. The van der Waals surface area contributed by atoms with Crippen molar-refractivity contribution in [3.8, 4) is 5.75 Å². The van der Waals surface area contributed by atoms with E-state index in [4.69, 9.17) is 10.5 Å². The van der Waals surface area contributed by atoms with E-state index in [1.165, 1.54) is 0 Å². The lowest BCUT2D eigenvalue weighted by Gasteiger charge is -2.09. The summed E-state index contributed by atoms with van der Waals surface area (Å²) in [6.07, 6.45) is 1.75. The largest absolute Gasteiger partial charge is 0.497 e. The Hall–Kier alpha value is -3.05. The molecule has 0 unspecified atom stereocenters. The standard InChI is InChI=1S/C22H23N3O2.ClH/c1-16-6-3-4-7-18(16)14-24-21(23)20-8-5-13-25(22(20)26)15-17-9-11-19(27-2)12-10-17;/h3-13H,14-15H2,1-2H3,(H2,23,24);1H. The number of amidine groups is 1. The molecule has 0 atom stereocenters. The van der Waals surface area contributed by atoms with Gasteiger partial charge in [0.1, 0.15) is 11.6 Å². The highest BCUT2D eigenvalue weighted by molar-refractivity contribution is 5.97. The maximum atomic E-state index is 12.8. The van der Waals surface area contributed by atoms with Crippen LogP contribution >= 0.6 is 12.4 Å². The van der Waals surface area contributed by atoms with Gasteiger partial charge in [0.2, 0.25) is 0 Å². The molecule has 0 saturated heterocycles. The van der Waals surface area contributed by atoms with Crippen molar-refractivity contribution in [3.05, 3.63) is 99.5 Å². The first kappa shape index (κ1) is 21.3. The molecule has 0 spiro atoms. The number of rotatable bonds is 6. The number of pyridine rings is 1. The molecule has 0 aliphatic carbocycles. The van der Waals surface area contributed by atoms with Gasteiger partial charge in [-0.15, -0.1) is 12.4 Å². The van der Waals surface area contributed by atoms with Gasteiger partial charge < -0.3 is 15.0 Å². The van der Waals surface area contributed by atoms with Gasteiger partial charge in [-0.2, -0.15) is 0 Å². The van der Waals surface area contributed by atoms with E-state index < -0.39 is 0 Å². The Morgan fingerprint density at radius 3 is 2.46 bits per heavy atom. The van der Waals surface area contributed by atoms with Gasteiger partial charge in [-0.05, 0) is 47.9 Å². The highest BCUT2D eigenvalue weighted by Gasteiger charge is 2.08. The fraction of sp³-hybridized carbons (Fsp3) is 0.182. The fourth-order valence-corrected chi connectivity index (χ4v) is 2.83. The number of methoxy groups -OCH3 is 1. The van der Waals surface area contributed by atoms with Gasteiger partial charge in [0.15, 0.2) is 0 Å². The molecule has 0 aliphatic heterocycles. The third-order valence-electron chi connectivity index (χ3n) is 4.49. The van der Waals surface area contributed by atoms with Crippen molar-refractivity contribution in [2.24, 2.45) is 10.7 Å². The minimum atomic E-state index is -0.153. The number of nitrogens with two attached hydrogens (primary N) is 1. The van der Waals surface area contributed by atoms with E-state index in [1.54, 1.807) is 23.9 Å². The number of nitrogens with zero attached hydrogens (tertiary/aromatic N) is 2. The smallest absolute Gasteiger partial charge is 0.261 e. The number of benzene rings is 2. The molecular formula is C22H24ClN3O2. The summed E-state index contributed by atoms with van der Waals surface area (Å²) in [5.74, 6) is 1.04. The first-order valence-electron chi connectivity index (χ1n) is 8.75. The minimum absolute atomic E-state index is 0. The van der Waals surface area contributed by atoms with E-state index in [1.807, 2.05) is 61.5 Å². The second kappa shape index (κ2) is 9.76. The van der Waals surface area contributed by atoms with Crippen LogP contribution in [0.4, 0.5) is 0 Å². The Labute approximate surface area is 170 Å². The molecule has 3 rings (SSSR count). The van der Waals surface area contributed by atoms with Gasteiger partial charge in [-0.25, -0.2) is 0 Å². The summed E-state index contributed by atoms with van der Waals surface area (Å²) in [7, 11) is 1.63. The highest BCUT2D eigenvalue weighted by Crippen LogP contribution is 2.12. The van der Waals surface area contributed by atoms with Crippen molar-refractivity contribution in [2.75, 3.05) is 7.11 Å². The Bertz CT molecular complexity index is 1010. The number of halogens is 1. The van der Waals surface area contributed by atoms with E-state index in [-0.39, 0.29) is 23.8 Å². The molecule has 0 amide bonds. The monoisotopic (exact) mass is 397 g/mol. The van der Waals surface area contributed by atoms with E-state index >= 15 is 0 Å². The molecule has 0 saturated carbocycles. The Kier molecular flexibility index (Phi) is 7.41. The van der Waals surface area contributed by atoms with Crippen LogP contribution in [0.15, 0.2) is 76.6 Å². The molecule has 0 fully saturated rings. The summed E-state index contributed by atoms with van der Waals surface area (Å²) >= 11 is 0. The predicted octanol–water partition coefficient (Wildman–Crippen LogP) is 3.54. The van der Waals surface area contributed by atoms with E-state index in [0.29, 0.717) is 18.7 Å². The molecule has 2 aromatic carbocycles. The van der Waals surface area contributed by atoms with Gasteiger partial charge >= 0.3 is 0 Å². The quantitative estimate of drug-likeness (QED) is 0.511. The van der Waals surface area contributed by atoms with Crippen LogP contribution in [-0.4, -0.2) is 17.5 Å². The number of hydrogen-bond donors (Lipinski definition) is 1. The first-order valence-corrected chi connectivity index (χ1v) is 8.75. The average molecular weight is 398 g/mol. The molecule has 28 heavy (non-hydrogen) atoms. The molecule has 0 bridgehead atoms. The highest BCUT2D eigenvalue weighted by atomic mass is 35.5. The van der Waals surface area contributed by atoms with E-state index in [0.717, 1.165) is 22.4 Å². The Balaban J connectivity index is 0.00000280. The third kappa shape index (κ3) is 5.02. The zero-order valence-corrected chi connectivity index (χ0v) is 16.8. The van der Waals surface area contributed by atoms with Crippen LogP contribution in [0.2, 0.25) is 0 Å². The van der Waals surface area contributed by atoms with Gasteiger partial charge in [0, 0.05) is 6.20 Å². The Morgan fingerprint density at radius 1 is 1.07 bits per heavy atom. The minimum Gasteiger partial charge on any atom is -0.497 e. The second-order valence-electron chi connectivity index (χ2n) is 6.33. The molecule has 0 radical (unpaired) electrons. The fourth-order valence-electron chi connectivity index (χ4n) is 2.83. The number of ether oxygens (including phenoxy) is 1. The van der Waals surface area contributed by atoms with Crippen molar-refractivity contribution < 1.29 is 4.74 Å². The lowest BCUT2D eigenvalue weighted by molar-refractivity contribution is 0.414. The Morgan fingerprint density at radius 2 is 1.79 bits per heavy atom. The van der Waals surface area contributed by atoms with Crippen LogP contribution in [0, 0.1) is 6.92 Å². The molecule has 1 heterocycles. The van der Waals surface area contributed by atoms with Crippen molar-refractivity contribution in [1.82, 2.24) is 4.57 Å². The van der Waals surface area contributed by atoms with Crippen LogP contribution in [0.1, 0.15) is 22.3 Å². The number of aliphatic imine (C=N–C) groups is 1. The average Bonchev–Trinajstić information content (AvgIpc) is 2.69. The SMILES string of the molecule is COc1ccc(Cn2cccc(C(N)=NCc3ccccc3C)c2=O)cc1.Cl. The lowest BCUT2D eigenvalue weighted by Crippen LogP contribution is -2.30. The summed E-state index contributed by atoms with van der Waals surface area (Å²) in [6, 6.07) is 19.2. The summed E-state index contributed by atoms with van der Waals surface area (Å²) in [5, 5.41) is 0. The van der Waals surface area contributed by atoms with Gasteiger partial charge in [-0.1, -0.05) is 36.4 Å². The molecule has 2 N–H and O–H groups in total. The van der Waals surface area contributed by atoms with E-state index in [2.05, 4.69) is 4.99 Å². The van der Waals surface area contributed by atoms with Crippen LogP contribution in [0.25, 0.3) is 0 Å². The molecule has 0 aliphatic rings. The lowest BCUT2D eigenvalue weighted by atomic mass is 10.1. The van der Waals surface area contributed by atoms with Gasteiger partial charge in [0.05, 0.1) is 25.8 Å². The zero-order chi connectivity index (χ0) is 19.2. The van der Waals surface area contributed by atoms with Crippen molar-refractivity contribution in [2.45, 2.75) is 20.0 Å². The van der Waals surface area contributed by atoms with Crippen molar-refractivity contribution in [1.29, 1.82) is 0 Å². The summed E-state index contributed by atoms with van der Waals surface area (Å²) < 4.78 is 6.80. The second-order valence-corrected chi connectivity index (χ2v) is 6.33. The number of aromatic nitrogens is 1. The van der Waals surface area contributed by atoms with Crippen molar-refractivity contribution in [3.63, 3.8) is 0 Å². The van der Waals surface area contributed by atoms with Crippen LogP contribution in [0.5, 0.6) is 5.75 Å². The topological polar surface area (TPSA) is 69.6 Å². The zero-order valence-electron chi connectivity index (χ0n) is 16.0. The third-order valence-corrected chi connectivity index (χ3v) is 4.49. The van der Waals surface area contributed by atoms with Crippen LogP contribution in [-0.2, 0) is 13.1 Å². The van der Waals surface area contributed by atoms with Crippen LogP contribution in [0.3, 0.4) is 0 Å². The van der Waals surface area contributed by atoms with Gasteiger partial charge in [-0.3, -0.25) is 9.79 Å². The molecule has 6 heteroatoms. The molecule has 5 nitrogen and oxygen atoms in total.